The minimum Gasteiger partial charge on any atom is -0.373 e. The molecule has 3 N–H and O–H groups in total. The van der Waals surface area contributed by atoms with Crippen LogP contribution in [0.1, 0.15) is 19.3 Å². The molecule has 2 rings (SSSR count). The van der Waals surface area contributed by atoms with Crippen LogP contribution in [0.15, 0.2) is 30.3 Å². The number of hydrogen-bond donors (Lipinski definition) is 2. The summed E-state index contributed by atoms with van der Waals surface area (Å²) in [5.74, 6) is -0.0965. The van der Waals surface area contributed by atoms with Gasteiger partial charge in [0.15, 0.2) is 0 Å². The summed E-state index contributed by atoms with van der Waals surface area (Å²) >= 11 is 0. The number of anilines is 1. The van der Waals surface area contributed by atoms with Gasteiger partial charge in [-0.25, -0.2) is 4.79 Å². The summed E-state index contributed by atoms with van der Waals surface area (Å²) in [5, 5.41) is 2.96. The minimum atomic E-state index is -0.290. The number of primary amides is 1. The largest absolute Gasteiger partial charge is 0.373 e. The van der Waals surface area contributed by atoms with Crippen LogP contribution >= 0.6 is 0 Å². The normalized spacial score (nSPS) is 17.6. The van der Waals surface area contributed by atoms with Gasteiger partial charge >= 0.3 is 6.03 Å². The quantitative estimate of drug-likeness (QED) is 0.832. The van der Waals surface area contributed by atoms with Gasteiger partial charge in [-0.2, -0.15) is 0 Å². The lowest BCUT2D eigenvalue weighted by atomic mass is 9.95. The molecule has 0 spiro atoms. The van der Waals surface area contributed by atoms with Crippen molar-refractivity contribution in [2.24, 2.45) is 11.7 Å². The number of hydrogen-bond acceptors (Lipinski definition) is 3. The highest BCUT2D eigenvalue weighted by Crippen LogP contribution is 2.19. The van der Waals surface area contributed by atoms with Gasteiger partial charge in [0.05, 0.1) is 0 Å². The third-order valence-electron chi connectivity index (χ3n) is 4.22. The van der Waals surface area contributed by atoms with Crippen molar-refractivity contribution >= 4 is 17.6 Å². The first-order chi connectivity index (χ1) is 11.1. The highest BCUT2D eigenvalue weighted by atomic mass is 16.2. The predicted molar refractivity (Wildman–Crippen MR) is 91.2 cm³/mol. The van der Waals surface area contributed by atoms with Crippen molar-refractivity contribution in [3.05, 3.63) is 30.3 Å². The Hall–Kier alpha value is -2.24. The number of likely N-dealkylation sites (N-methyl/N-ethyl adjacent to an activating group) is 1. The van der Waals surface area contributed by atoms with E-state index in [-0.39, 0.29) is 17.9 Å². The summed E-state index contributed by atoms with van der Waals surface area (Å²) in [6, 6.07) is 10.0. The third kappa shape index (κ3) is 5.47. The maximum Gasteiger partial charge on any atom is 0.317 e. The second kappa shape index (κ2) is 8.41. The zero-order valence-electron chi connectivity index (χ0n) is 13.7. The number of amides is 3. The fourth-order valence-electron chi connectivity index (χ4n) is 2.95. The van der Waals surface area contributed by atoms with Crippen LogP contribution in [0.3, 0.4) is 0 Å². The molecule has 0 aliphatic carbocycles. The van der Waals surface area contributed by atoms with Crippen LogP contribution < -0.4 is 16.0 Å². The topological polar surface area (TPSA) is 78.7 Å². The zero-order chi connectivity index (χ0) is 16.7. The molecule has 126 valence electrons. The molecule has 1 aromatic carbocycles. The van der Waals surface area contributed by atoms with Crippen molar-refractivity contribution in [2.45, 2.75) is 19.3 Å². The van der Waals surface area contributed by atoms with Crippen molar-refractivity contribution in [2.75, 3.05) is 38.1 Å². The summed E-state index contributed by atoms with van der Waals surface area (Å²) in [4.78, 5) is 27.1. The maximum absolute atomic E-state index is 12.2. The number of likely N-dealkylation sites (tertiary alicyclic amines) is 1. The average Bonchev–Trinajstić information content (AvgIpc) is 2.55. The van der Waals surface area contributed by atoms with Crippen LogP contribution in [0.25, 0.3) is 0 Å². The van der Waals surface area contributed by atoms with E-state index < -0.39 is 0 Å². The highest BCUT2D eigenvalue weighted by molar-refractivity contribution is 5.75. The van der Waals surface area contributed by atoms with Gasteiger partial charge in [0.2, 0.25) is 5.91 Å². The first-order valence-corrected chi connectivity index (χ1v) is 8.13. The lowest BCUT2D eigenvalue weighted by Crippen LogP contribution is -2.47. The number of piperidine rings is 1. The molecule has 0 bridgehead atoms. The number of rotatable bonds is 6. The van der Waals surface area contributed by atoms with Crippen molar-refractivity contribution in [1.29, 1.82) is 0 Å². The van der Waals surface area contributed by atoms with E-state index in [2.05, 4.69) is 10.2 Å². The Balaban J connectivity index is 1.73. The van der Waals surface area contributed by atoms with Gasteiger partial charge in [-0.1, -0.05) is 18.2 Å². The van der Waals surface area contributed by atoms with Crippen molar-refractivity contribution in [1.82, 2.24) is 10.2 Å². The number of carbonyl (C=O) groups is 2. The van der Waals surface area contributed by atoms with E-state index in [0.29, 0.717) is 19.5 Å². The van der Waals surface area contributed by atoms with Crippen molar-refractivity contribution in [3.63, 3.8) is 0 Å². The molecule has 1 saturated heterocycles. The number of nitrogens with one attached hydrogen (secondary N) is 1. The number of para-hydroxylation sites is 1. The Bertz CT molecular complexity index is 521. The smallest absolute Gasteiger partial charge is 0.317 e. The Kier molecular flexibility index (Phi) is 6.26. The average molecular weight is 318 g/mol. The molecule has 1 aliphatic rings. The van der Waals surface area contributed by atoms with Crippen LogP contribution in [-0.2, 0) is 4.79 Å². The molecule has 6 heteroatoms. The SMILES string of the molecule is CN(CCNC(=O)N1CCC[C@@H](CC(N)=O)C1)c1ccccc1. The van der Waals surface area contributed by atoms with Crippen LogP contribution in [0.4, 0.5) is 10.5 Å². The molecule has 3 amide bonds. The maximum atomic E-state index is 12.2. The Morgan fingerprint density at radius 1 is 1.35 bits per heavy atom. The number of urea groups is 1. The zero-order valence-corrected chi connectivity index (χ0v) is 13.7. The van der Waals surface area contributed by atoms with Crippen LogP contribution in [-0.4, -0.2) is 50.1 Å². The minimum absolute atomic E-state index is 0.0550. The van der Waals surface area contributed by atoms with Gasteiger partial charge < -0.3 is 20.9 Å². The second-order valence-corrected chi connectivity index (χ2v) is 6.11. The molecule has 0 aromatic heterocycles. The predicted octanol–water partition coefficient (Wildman–Crippen LogP) is 1.42. The molecule has 1 atom stereocenters. The summed E-state index contributed by atoms with van der Waals surface area (Å²) in [7, 11) is 2.01. The standard InChI is InChI=1S/C17H26N4O2/c1-20(15-7-3-2-4-8-15)11-9-19-17(23)21-10-5-6-14(13-21)12-16(18)22/h2-4,7-8,14H,5-6,9-13H2,1H3,(H2,18,22)(H,19,23)/t14-/m0/s1. The molecular weight excluding hydrogens is 292 g/mol. The molecular formula is C17H26N4O2. The van der Waals surface area contributed by atoms with Gasteiger partial charge in [-0.3, -0.25) is 4.79 Å². The molecule has 0 unspecified atom stereocenters. The molecule has 1 fully saturated rings. The van der Waals surface area contributed by atoms with Gasteiger partial charge in [0.25, 0.3) is 0 Å². The summed E-state index contributed by atoms with van der Waals surface area (Å²) < 4.78 is 0. The number of nitrogens with zero attached hydrogens (tertiary/aromatic N) is 2. The second-order valence-electron chi connectivity index (χ2n) is 6.11. The molecule has 1 heterocycles. The fraction of sp³-hybridized carbons (Fsp3) is 0.529. The highest BCUT2D eigenvalue weighted by Gasteiger charge is 2.24. The van der Waals surface area contributed by atoms with Gasteiger partial charge in [-0.15, -0.1) is 0 Å². The first kappa shape index (κ1) is 17.1. The van der Waals surface area contributed by atoms with E-state index in [1.165, 1.54) is 0 Å². The van der Waals surface area contributed by atoms with Crippen molar-refractivity contribution < 1.29 is 9.59 Å². The Morgan fingerprint density at radius 3 is 2.78 bits per heavy atom. The number of nitrogens with two attached hydrogens (primary N) is 1. The lowest BCUT2D eigenvalue weighted by Gasteiger charge is -2.32. The van der Waals surface area contributed by atoms with E-state index in [1.54, 1.807) is 4.90 Å². The molecule has 0 saturated carbocycles. The summed E-state index contributed by atoms with van der Waals surface area (Å²) in [6.45, 7) is 2.69. The van der Waals surface area contributed by atoms with Crippen molar-refractivity contribution in [3.8, 4) is 0 Å². The van der Waals surface area contributed by atoms with Gasteiger partial charge in [0, 0.05) is 45.3 Å². The van der Waals surface area contributed by atoms with Crippen LogP contribution in [0, 0.1) is 5.92 Å². The number of benzene rings is 1. The molecule has 23 heavy (non-hydrogen) atoms. The summed E-state index contributed by atoms with van der Waals surface area (Å²) in [5.41, 5.74) is 6.38. The summed E-state index contributed by atoms with van der Waals surface area (Å²) in [6.07, 6.45) is 2.25. The molecule has 1 aliphatic heterocycles. The molecule has 1 aromatic rings. The van der Waals surface area contributed by atoms with Gasteiger partial charge in [0.1, 0.15) is 0 Å². The lowest BCUT2D eigenvalue weighted by molar-refractivity contribution is -0.119. The first-order valence-electron chi connectivity index (χ1n) is 8.13. The van der Waals surface area contributed by atoms with E-state index in [9.17, 15) is 9.59 Å². The van der Waals surface area contributed by atoms with Gasteiger partial charge in [-0.05, 0) is 30.9 Å². The van der Waals surface area contributed by atoms with E-state index in [0.717, 1.165) is 31.6 Å². The van der Waals surface area contributed by atoms with Crippen LogP contribution in [0.5, 0.6) is 0 Å². The monoisotopic (exact) mass is 318 g/mol. The van der Waals surface area contributed by atoms with E-state index in [1.807, 2.05) is 37.4 Å². The fourth-order valence-corrected chi connectivity index (χ4v) is 2.95. The van der Waals surface area contributed by atoms with E-state index in [4.69, 9.17) is 5.73 Å². The number of carbonyl (C=O) groups excluding carboxylic acids is 2. The Labute approximate surface area is 137 Å². The Morgan fingerprint density at radius 2 is 2.09 bits per heavy atom. The van der Waals surface area contributed by atoms with Crippen LogP contribution in [0.2, 0.25) is 0 Å². The van der Waals surface area contributed by atoms with E-state index >= 15 is 0 Å². The third-order valence-corrected chi connectivity index (χ3v) is 4.22. The molecule has 6 nitrogen and oxygen atoms in total. The molecule has 0 radical (unpaired) electrons.